The van der Waals surface area contributed by atoms with E-state index < -0.39 is 23.0 Å². The number of aryl methyl sites for hydroxylation is 1. The minimum Gasteiger partial charge on any atom is -0.502 e. The van der Waals surface area contributed by atoms with Crippen LogP contribution in [0.25, 0.3) is 10.8 Å². The van der Waals surface area contributed by atoms with Gasteiger partial charge in [-0.25, -0.2) is 0 Å². The van der Waals surface area contributed by atoms with E-state index in [0.29, 0.717) is 5.76 Å². The second-order valence-electron chi connectivity index (χ2n) is 5.73. The van der Waals surface area contributed by atoms with Crippen molar-refractivity contribution in [1.29, 1.82) is 0 Å². The summed E-state index contributed by atoms with van der Waals surface area (Å²) in [6.45, 7) is 1.62. The molecule has 0 radical (unpaired) electrons. The van der Waals surface area contributed by atoms with Crippen LogP contribution in [0.3, 0.4) is 0 Å². The number of carbonyl (C=O) groups excluding carboxylic acids is 1. The van der Waals surface area contributed by atoms with Crippen molar-refractivity contribution >= 4 is 16.7 Å². The third kappa shape index (κ3) is 2.88. The predicted octanol–water partition coefficient (Wildman–Crippen LogP) is 2.81. The third-order valence-corrected chi connectivity index (χ3v) is 3.99. The molecule has 0 spiro atoms. The number of benzene rings is 2. The molecule has 3 N–H and O–H groups in total. The Hall–Kier alpha value is -3.08. The van der Waals surface area contributed by atoms with Gasteiger partial charge in [-0.1, -0.05) is 42.5 Å². The summed E-state index contributed by atoms with van der Waals surface area (Å²) in [5.41, 5.74) is 5.63. The van der Waals surface area contributed by atoms with E-state index in [4.69, 9.17) is 10.2 Å². The number of amides is 1. The molecule has 5 heteroatoms. The standard InChI is InChI=1S/C19H17NO4/c1-11-9-16(21)18(23)19(24-11)15(10-17(20)22)14-8-4-6-12-5-2-3-7-13(12)14/h2-9,15,23H,10H2,1H3,(H2,20,22)/t15-/m1/s1. The zero-order chi connectivity index (χ0) is 17.3. The summed E-state index contributed by atoms with van der Waals surface area (Å²) in [4.78, 5) is 23.5. The molecule has 24 heavy (non-hydrogen) atoms. The Morgan fingerprint density at radius 2 is 1.92 bits per heavy atom. The smallest absolute Gasteiger partial charge is 0.227 e. The number of aromatic hydroxyl groups is 1. The predicted molar refractivity (Wildman–Crippen MR) is 91.0 cm³/mol. The fraction of sp³-hybridized carbons (Fsp3) is 0.158. The number of carbonyl (C=O) groups is 1. The van der Waals surface area contributed by atoms with E-state index in [1.807, 2.05) is 42.5 Å². The van der Waals surface area contributed by atoms with Gasteiger partial charge in [0.1, 0.15) is 5.76 Å². The normalized spacial score (nSPS) is 12.2. The van der Waals surface area contributed by atoms with E-state index in [0.717, 1.165) is 16.3 Å². The molecule has 0 aliphatic carbocycles. The lowest BCUT2D eigenvalue weighted by atomic mass is 9.88. The lowest BCUT2D eigenvalue weighted by molar-refractivity contribution is -0.118. The van der Waals surface area contributed by atoms with Crippen molar-refractivity contribution in [2.45, 2.75) is 19.3 Å². The van der Waals surface area contributed by atoms with Gasteiger partial charge < -0.3 is 15.3 Å². The van der Waals surface area contributed by atoms with E-state index in [1.165, 1.54) is 6.07 Å². The molecule has 0 saturated carbocycles. The first-order valence-electron chi connectivity index (χ1n) is 7.57. The van der Waals surface area contributed by atoms with E-state index in [-0.39, 0.29) is 12.2 Å². The van der Waals surface area contributed by atoms with E-state index in [2.05, 4.69) is 0 Å². The average molecular weight is 323 g/mol. The molecule has 0 aliphatic rings. The highest BCUT2D eigenvalue weighted by atomic mass is 16.4. The van der Waals surface area contributed by atoms with Gasteiger partial charge in [0.2, 0.25) is 17.1 Å². The molecular weight excluding hydrogens is 306 g/mol. The molecule has 2 aromatic carbocycles. The molecular formula is C19H17NO4. The average Bonchev–Trinajstić information content (AvgIpc) is 2.55. The van der Waals surface area contributed by atoms with Crippen LogP contribution in [-0.4, -0.2) is 11.0 Å². The second-order valence-corrected chi connectivity index (χ2v) is 5.73. The van der Waals surface area contributed by atoms with Gasteiger partial charge in [0, 0.05) is 12.5 Å². The van der Waals surface area contributed by atoms with E-state index in [1.54, 1.807) is 6.92 Å². The maximum atomic E-state index is 11.9. The molecule has 3 aromatic rings. The number of hydrogen-bond acceptors (Lipinski definition) is 4. The topological polar surface area (TPSA) is 93.5 Å². The summed E-state index contributed by atoms with van der Waals surface area (Å²) in [7, 11) is 0. The fourth-order valence-corrected chi connectivity index (χ4v) is 2.96. The Morgan fingerprint density at radius 3 is 2.67 bits per heavy atom. The SMILES string of the molecule is Cc1cc(=O)c(O)c([C@H](CC(N)=O)c2cccc3ccccc23)o1. The first kappa shape index (κ1) is 15.8. The van der Waals surface area contributed by atoms with Crippen molar-refractivity contribution in [3.05, 3.63) is 75.8 Å². The number of nitrogens with two attached hydrogens (primary N) is 1. The summed E-state index contributed by atoms with van der Waals surface area (Å²) in [5, 5.41) is 12.1. The summed E-state index contributed by atoms with van der Waals surface area (Å²) in [5.74, 6) is -1.24. The van der Waals surface area contributed by atoms with Gasteiger partial charge >= 0.3 is 0 Å². The van der Waals surface area contributed by atoms with Crippen molar-refractivity contribution < 1.29 is 14.3 Å². The van der Waals surface area contributed by atoms with Crippen LogP contribution in [0, 0.1) is 6.92 Å². The largest absolute Gasteiger partial charge is 0.502 e. The van der Waals surface area contributed by atoms with E-state index in [9.17, 15) is 14.7 Å². The Bertz CT molecular complexity index is 969. The summed E-state index contributed by atoms with van der Waals surface area (Å²) >= 11 is 0. The molecule has 5 nitrogen and oxygen atoms in total. The molecule has 1 atom stereocenters. The summed E-state index contributed by atoms with van der Waals surface area (Å²) in [6, 6.07) is 14.5. The summed E-state index contributed by atoms with van der Waals surface area (Å²) in [6.07, 6.45) is -0.0754. The van der Waals surface area contributed by atoms with Crippen molar-refractivity contribution in [2.24, 2.45) is 5.73 Å². The maximum absolute atomic E-state index is 11.9. The molecule has 1 amide bonds. The van der Waals surface area contributed by atoms with Gasteiger partial charge in [-0.05, 0) is 23.3 Å². The molecule has 1 heterocycles. The fourth-order valence-electron chi connectivity index (χ4n) is 2.96. The van der Waals surface area contributed by atoms with Crippen LogP contribution in [0.15, 0.2) is 57.7 Å². The van der Waals surface area contributed by atoms with Crippen LogP contribution in [0.1, 0.15) is 29.4 Å². The minimum absolute atomic E-state index is 0.0650. The molecule has 0 unspecified atom stereocenters. The summed E-state index contributed by atoms with van der Waals surface area (Å²) < 4.78 is 5.60. The van der Waals surface area contributed by atoms with Gasteiger partial charge in [-0.3, -0.25) is 9.59 Å². The minimum atomic E-state index is -0.638. The Balaban J connectivity index is 2.28. The maximum Gasteiger partial charge on any atom is 0.227 e. The van der Waals surface area contributed by atoms with Crippen LogP contribution < -0.4 is 11.2 Å². The zero-order valence-electron chi connectivity index (χ0n) is 13.2. The van der Waals surface area contributed by atoms with Crippen LogP contribution in [-0.2, 0) is 4.79 Å². The van der Waals surface area contributed by atoms with Gasteiger partial charge in [-0.15, -0.1) is 0 Å². The second kappa shape index (κ2) is 6.20. The number of rotatable bonds is 4. The van der Waals surface area contributed by atoms with Gasteiger partial charge in [0.15, 0.2) is 5.76 Å². The molecule has 122 valence electrons. The van der Waals surface area contributed by atoms with Crippen LogP contribution >= 0.6 is 0 Å². The van der Waals surface area contributed by atoms with Gasteiger partial charge in [0.25, 0.3) is 0 Å². The molecule has 3 rings (SSSR count). The molecule has 0 bridgehead atoms. The van der Waals surface area contributed by atoms with Crippen LogP contribution in [0.4, 0.5) is 0 Å². The van der Waals surface area contributed by atoms with E-state index >= 15 is 0 Å². The van der Waals surface area contributed by atoms with Crippen molar-refractivity contribution in [3.63, 3.8) is 0 Å². The lowest BCUT2D eigenvalue weighted by Crippen LogP contribution is -2.18. The number of hydrogen-bond donors (Lipinski definition) is 2. The number of fused-ring (bicyclic) bond motifs is 1. The van der Waals surface area contributed by atoms with Crippen LogP contribution in [0.2, 0.25) is 0 Å². The Morgan fingerprint density at radius 1 is 1.21 bits per heavy atom. The highest BCUT2D eigenvalue weighted by molar-refractivity contribution is 5.87. The highest BCUT2D eigenvalue weighted by Gasteiger charge is 2.26. The Kier molecular flexibility index (Phi) is 4.08. The number of primary amides is 1. The molecule has 0 saturated heterocycles. The molecule has 0 aliphatic heterocycles. The lowest BCUT2D eigenvalue weighted by Gasteiger charge is -2.18. The van der Waals surface area contributed by atoms with Crippen LogP contribution in [0.5, 0.6) is 5.75 Å². The van der Waals surface area contributed by atoms with Crippen molar-refractivity contribution in [1.82, 2.24) is 0 Å². The zero-order valence-corrected chi connectivity index (χ0v) is 13.2. The van der Waals surface area contributed by atoms with Gasteiger partial charge in [0.05, 0.1) is 5.92 Å². The first-order chi connectivity index (χ1) is 11.5. The van der Waals surface area contributed by atoms with Gasteiger partial charge in [-0.2, -0.15) is 0 Å². The molecule has 1 aromatic heterocycles. The third-order valence-electron chi connectivity index (χ3n) is 3.99. The monoisotopic (exact) mass is 323 g/mol. The van der Waals surface area contributed by atoms with Crippen molar-refractivity contribution in [3.8, 4) is 5.75 Å². The Labute approximate surface area is 138 Å². The molecule has 0 fully saturated rings. The first-order valence-corrected chi connectivity index (χ1v) is 7.57. The van der Waals surface area contributed by atoms with Crippen molar-refractivity contribution in [2.75, 3.05) is 0 Å². The highest BCUT2D eigenvalue weighted by Crippen LogP contribution is 2.36. The quantitative estimate of drug-likeness (QED) is 0.772.